The molecule has 2 aromatic rings. The van der Waals surface area contributed by atoms with Crippen LogP contribution in [0.5, 0.6) is 5.75 Å². The maximum Gasteiger partial charge on any atom is 0.232 e. The SMILES string of the molecule is O=C(CSc1ccc(F)cc1)N1CCC(c2ccc(O)cc2)CC1. The highest BCUT2D eigenvalue weighted by atomic mass is 32.2. The summed E-state index contributed by atoms with van der Waals surface area (Å²) in [4.78, 5) is 15.1. The zero-order chi connectivity index (χ0) is 16.9. The first-order chi connectivity index (χ1) is 11.6. The minimum absolute atomic E-state index is 0.133. The van der Waals surface area contributed by atoms with Crippen molar-refractivity contribution in [1.29, 1.82) is 0 Å². The van der Waals surface area contributed by atoms with E-state index in [1.807, 2.05) is 17.0 Å². The second kappa shape index (κ2) is 7.71. The predicted octanol–water partition coefficient (Wildman–Crippen LogP) is 4.03. The Morgan fingerprint density at radius 3 is 2.33 bits per heavy atom. The van der Waals surface area contributed by atoms with Gasteiger partial charge in [-0.05, 0) is 60.7 Å². The second-order valence-electron chi connectivity index (χ2n) is 5.99. The molecule has 1 aliphatic heterocycles. The highest BCUT2D eigenvalue weighted by Gasteiger charge is 2.23. The van der Waals surface area contributed by atoms with Gasteiger partial charge in [-0.25, -0.2) is 4.39 Å². The number of hydrogen-bond acceptors (Lipinski definition) is 3. The fourth-order valence-electron chi connectivity index (χ4n) is 2.98. The van der Waals surface area contributed by atoms with E-state index in [9.17, 15) is 14.3 Å². The molecule has 1 heterocycles. The molecule has 0 bridgehead atoms. The first-order valence-electron chi connectivity index (χ1n) is 8.07. The molecule has 0 radical (unpaired) electrons. The number of halogens is 1. The number of phenols is 1. The lowest BCUT2D eigenvalue weighted by Gasteiger charge is -2.32. The average Bonchev–Trinajstić information content (AvgIpc) is 2.62. The van der Waals surface area contributed by atoms with Crippen molar-refractivity contribution in [2.75, 3.05) is 18.8 Å². The summed E-state index contributed by atoms with van der Waals surface area (Å²) in [6.07, 6.45) is 1.88. The van der Waals surface area contributed by atoms with E-state index in [1.165, 1.54) is 29.5 Å². The molecule has 3 rings (SSSR count). The number of carbonyl (C=O) groups excluding carboxylic acids is 1. The number of rotatable bonds is 4. The van der Waals surface area contributed by atoms with Gasteiger partial charge in [-0.3, -0.25) is 4.79 Å². The van der Waals surface area contributed by atoms with Gasteiger partial charge in [0, 0.05) is 18.0 Å². The van der Waals surface area contributed by atoms with Crippen LogP contribution >= 0.6 is 11.8 Å². The van der Waals surface area contributed by atoms with Crippen molar-refractivity contribution in [3.05, 3.63) is 59.9 Å². The predicted molar refractivity (Wildman–Crippen MR) is 93.8 cm³/mol. The molecule has 1 saturated heterocycles. The Morgan fingerprint density at radius 1 is 1.08 bits per heavy atom. The van der Waals surface area contributed by atoms with Gasteiger partial charge in [0.25, 0.3) is 0 Å². The van der Waals surface area contributed by atoms with Gasteiger partial charge >= 0.3 is 0 Å². The van der Waals surface area contributed by atoms with Crippen LogP contribution in [0.15, 0.2) is 53.4 Å². The number of piperidine rings is 1. The molecule has 0 unspecified atom stereocenters. The third-order valence-corrected chi connectivity index (χ3v) is 5.38. The highest BCUT2D eigenvalue weighted by molar-refractivity contribution is 8.00. The molecule has 1 N–H and O–H groups in total. The van der Waals surface area contributed by atoms with Gasteiger partial charge in [0.05, 0.1) is 5.75 Å². The van der Waals surface area contributed by atoms with Gasteiger partial charge in [-0.15, -0.1) is 11.8 Å². The summed E-state index contributed by atoms with van der Waals surface area (Å²) in [5, 5.41) is 9.36. The topological polar surface area (TPSA) is 40.5 Å². The molecule has 0 aromatic heterocycles. The van der Waals surface area contributed by atoms with E-state index in [0.29, 0.717) is 11.7 Å². The Hall–Kier alpha value is -2.01. The van der Waals surface area contributed by atoms with Crippen molar-refractivity contribution in [3.8, 4) is 5.75 Å². The first kappa shape index (κ1) is 16.8. The number of amides is 1. The monoisotopic (exact) mass is 345 g/mol. The zero-order valence-corrected chi connectivity index (χ0v) is 14.1. The van der Waals surface area contributed by atoms with E-state index < -0.39 is 0 Å². The number of thioether (sulfide) groups is 1. The van der Waals surface area contributed by atoms with Crippen LogP contribution in [0, 0.1) is 5.82 Å². The van der Waals surface area contributed by atoms with Gasteiger partial charge in [0.1, 0.15) is 11.6 Å². The maximum atomic E-state index is 12.9. The summed E-state index contributed by atoms with van der Waals surface area (Å²) in [5.74, 6) is 0.981. The molecular formula is C19H20FNO2S. The Balaban J connectivity index is 1.48. The van der Waals surface area contributed by atoms with E-state index in [0.717, 1.165) is 30.8 Å². The fourth-order valence-corrected chi connectivity index (χ4v) is 3.78. The number of hydrogen-bond donors (Lipinski definition) is 1. The summed E-state index contributed by atoms with van der Waals surface area (Å²) in [6, 6.07) is 13.6. The number of phenolic OH excluding ortho intramolecular Hbond substituents is 1. The van der Waals surface area contributed by atoms with Crippen molar-refractivity contribution < 1.29 is 14.3 Å². The van der Waals surface area contributed by atoms with Crippen molar-refractivity contribution in [2.45, 2.75) is 23.7 Å². The van der Waals surface area contributed by atoms with Crippen molar-refractivity contribution in [2.24, 2.45) is 0 Å². The number of carbonyl (C=O) groups is 1. The molecule has 126 valence electrons. The van der Waals surface area contributed by atoms with Gasteiger partial charge in [0.2, 0.25) is 5.91 Å². The van der Waals surface area contributed by atoms with Gasteiger partial charge < -0.3 is 10.0 Å². The van der Waals surface area contributed by atoms with E-state index in [1.54, 1.807) is 24.3 Å². The average molecular weight is 345 g/mol. The van der Waals surface area contributed by atoms with E-state index in [4.69, 9.17) is 0 Å². The summed E-state index contributed by atoms with van der Waals surface area (Å²) < 4.78 is 12.9. The van der Waals surface area contributed by atoms with E-state index in [2.05, 4.69) is 0 Å². The molecule has 0 saturated carbocycles. The third kappa shape index (κ3) is 4.29. The number of benzene rings is 2. The summed E-state index contributed by atoms with van der Waals surface area (Å²) in [5.41, 5.74) is 1.22. The molecule has 3 nitrogen and oxygen atoms in total. The lowest BCUT2D eigenvalue weighted by atomic mass is 9.89. The molecule has 0 aliphatic carbocycles. The molecule has 0 atom stereocenters. The highest BCUT2D eigenvalue weighted by Crippen LogP contribution is 2.29. The summed E-state index contributed by atoms with van der Waals surface area (Å²) in [7, 11) is 0. The van der Waals surface area contributed by atoms with Crippen LogP contribution in [-0.4, -0.2) is 34.8 Å². The molecule has 24 heavy (non-hydrogen) atoms. The standard InChI is InChI=1S/C19H20FNO2S/c20-16-3-7-18(8-4-16)24-13-19(23)21-11-9-15(10-12-21)14-1-5-17(22)6-2-14/h1-8,15,22H,9-13H2. The quantitative estimate of drug-likeness (QED) is 0.851. The van der Waals surface area contributed by atoms with Crippen molar-refractivity contribution >= 4 is 17.7 Å². The largest absolute Gasteiger partial charge is 0.508 e. The van der Waals surface area contributed by atoms with Crippen LogP contribution in [0.2, 0.25) is 0 Å². The molecule has 5 heteroatoms. The van der Waals surface area contributed by atoms with Crippen LogP contribution in [0.25, 0.3) is 0 Å². The van der Waals surface area contributed by atoms with Crippen molar-refractivity contribution in [1.82, 2.24) is 4.90 Å². The second-order valence-corrected chi connectivity index (χ2v) is 7.04. The molecule has 1 fully saturated rings. The molecule has 1 amide bonds. The number of nitrogens with zero attached hydrogens (tertiary/aromatic N) is 1. The van der Waals surface area contributed by atoms with Gasteiger partial charge in [0.15, 0.2) is 0 Å². The summed E-state index contributed by atoms with van der Waals surface area (Å²) in [6.45, 7) is 1.52. The van der Waals surface area contributed by atoms with E-state index >= 15 is 0 Å². The van der Waals surface area contributed by atoms with Crippen LogP contribution in [0.3, 0.4) is 0 Å². The Morgan fingerprint density at radius 2 is 1.71 bits per heavy atom. The minimum atomic E-state index is -0.262. The van der Waals surface area contributed by atoms with Gasteiger partial charge in [-0.2, -0.15) is 0 Å². The zero-order valence-electron chi connectivity index (χ0n) is 13.3. The first-order valence-corrected chi connectivity index (χ1v) is 9.05. The summed E-state index contributed by atoms with van der Waals surface area (Å²) >= 11 is 1.44. The third-order valence-electron chi connectivity index (χ3n) is 4.39. The number of likely N-dealkylation sites (tertiary alicyclic amines) is 1. The van der Waals surface area contributed by atoms with Crippen LogP contribution in [0.1, 0.15) is 24.3 Å². The molecule has 0 spiro atoms. The van der Waals surface area contributed by atoms with Gasteiger partial charge in [-0.1, -0.05) is 12.1 Å². The lowest BCUT2D eigenvalue weighted by Crippen LogP contribution is -2.38. The smallest absolute Gasteiger partial charge is 0.232 e. The molecule has 1 aliphatic rings. The maximum absolute atomic E-state index is 12.9. The lowest BCUT2D eigenvalue weighted by molar-refractivity contribution is -0.129. The minimum Gasteiger partial charge on any atom is -0.508 e. The Bertz CT molecular complexity index is 680. The molecular weight excluding hydrogens is 325 g/mol. The fraction of sp³-hybridized carbons (Fsp3) is 0.316. The van der Waals surface area contributed by atoms with E-state index in [-0.39, 0.29) is 17.5 Å². The Labute approximate surface area is 145 Å². The van der Waals surface area contributed by atoms with Crippen LogP contribution in [-0.2, 0) is 4.79 Å². The number of aromatic hydroxyl groups is 1. The van der Waals surface area contributed by atoms with Crippen molar-refractivity contribution in [3.63, 3.8) is 0 Å². The molecule has 2 aromatic carbocycles. The van der Waals surface area contributed by atoms with Crippen LogP contribution < -0.4 is 0 Å². The Kier molecular flexibility index (Phi) is 5.41. The van der Waals surface area contributed by atoms with Crippen LogP contribution in [0.4, 0.5) is 4.39 Å². The normalized spacial score (nSPS) is 15.5.